The molecule has 0 amide bonds. The van der Waals surface area contributed by atoms with E-state index >= 15 is 0 Å². The van der Waals surface area contributed by atoms with Crippen LogP contribution in [0.5, 0.6) is 0 Å². The van der Waals surface area contributed by atoms with Crippen molar-refractivity contribution in [3.63, 3.8) is 0 Å². The number of hydrogen-bond acceptors (Lipinski definition) is 5. The van der Waals surface area contributed by atoms with Crippen molar-refractivity contribution >= 4 is 27.9 Å². The van der Waals surface area contributed by atoms with Crippen LogP contribution in [-0.2, 0) is 16.0 Å². The maximum Gasteiger partial charge on any atom is 0.334 e. The van der Waals surface area contributed by atoms with Gasteiger partial charge in [0.1, 0.15) is 5.65 Å². The molecule has 4 aromatic rings. The van der Waals surface area contributed by atoms with Gasteiger partial charge in [-0.05, 0) is 57.2 Å². The van der Waals surface area contributed by atoms with Crippen LogP contribution in [-0.4, -0.2) is 50.0 Å². The molecular formula is C26H29N5O3. The number of fused-ring (bicyclic) bond motifs is 2. The summed E-state index contributed by atoms with van der Waals surface area (Å²) in [7, 11) is 0. The summed E-state index contributed by atoms with van der Waals surface area (Å²) in [6.07, 6.45) is 10.00. The van der Waals surface area contributed by atoms with Gasteiger partial charge in [-0.25, -0.2) is 19.3 Å². The number of pyridine rings is 2. The third kappa shape index (κ3) is 3.58. The van der Waals surface area contributed by atoms with Crippen LogP contribution in [0.4, 0.5) is 0 Å². The highest BCUT2D eigenvalue weighted by molar-refractivity contribution is 5.88. The second kappa shape index (κ2) is 8.52. The summed E-state index contributed by atoms with van der Waals surface area (Å²) in [6.45, 7) is 6.14. The SMILES string of the molecule is Cc1nc2c(cc1-c1cnc3[nH]cc(C)c3c1)n(C[C@H]1COCCO1)c(=O)n2C1=CCCCC1. The van der Waals surface area contributed by atoms with E-state index < -0.39 is 0 Å². The van der Waals surface area contributed by atoms with Crippen LogP contribution in [0, 0.1) is 13.8 Å². The van der Waals surface area contributed by atoms with Gasteiger partial charge < -0.3 is 14.5 Å². The van der Waals surface area contributed by atoms with E-state index in [1.807, 2.05) is 28.5 Å². The van der Waals surface area contributed by atoms with Crippen molar-refractivity contribution in [1.29, 1.82) is 0 Å². The summed E-state index contributed by atoms with van der Waals surface area (Å²) >= 11 is 0. The Morgan fingerprint density at radius 3 is 2.91 bits per heavy atom. The molecule has 2 aliphatic rings. The summed E-state index contributed by atoms with van der Waals surface area (Å²) in [4.78, 5) is 26.5. The zero-order chi connectivity index (χ0) is 23.2. The Kier molecular flexibility index (Phi) is 5.34. The highest BCUT2D eigenvalue weighted by Crippen LogP contribution is 2.31. The van der Waals surface area contributed by atoms with Crippen LogP contribution in [0.1, 0.15) is 36.9 Å². The molecule has 1 fully saturated rings. The molecule has 1 atom stereocenters. The second-order valence-corrected chi connectivity index (χ2v) is 9.29. The molecule has 1 saturated heterocycles. The topological polar surface area (TPSA) is 87.0 Å². The molecule has 176 valence electrons. The van der Waals surface area contributed by atoms with Crippen LogP contribution in [0.25, 0.3) is 39.0 Å². The smallest absolute Gasteiger partial charge is 0.334 e. The zero-order valence-corrected chi connectivity index (χ0v) is 19.6. The van der Waals surface area contributed by atoms with Crippen molar-refractivity contribution in [2.45, 2.75) is 52.2 Å². The molecule has 8 heteroatoms. The van der Waals surface area contributed by atoms with Gasteiger partial charge in [-0.15, -0.1) is 0 Å². The second-order valence-electron chi connectivity index (χ2n) is 9.29. The van der Waals surface area contributed by atoms with E-state index in [0.717, 1.165) is 70.3 Å². The lowest BCUT2D eigenvalue weighted by atomic mass is 10.0. The maximum atomic E-state index is 13.7. The van der Waals surface area contributed by atoms with Crippen LogP contribution >= 0.6 is 0 Å². The van der Waals surface area contributed by atoms with Crippen molar-refractivity contribution in [2.75, 3.05) is 19.8 Å². The molecule has 0 unspecified atom stereocenters. The molecule has 8 nitrogen and oxygen atoms in total. The molecule has 5 heterocycles. The summed E-state index contributed by atoms with van der Waals surface area (Å²) in [5.74, 6) is 0. The molecule has 1 aliphatic carbocycles. The predicted octanol–water partition coefficient (Wildman–Crippen LogP) is 4.19. The molecule has 1 N–H and O–H groups in total. The van der Waals surface area contributed by atoms with Gasteiger partial charge in [0.05, 0.1) is 38.0 Å². The number of H-pyrrole nitrogens is 1. The quantitative estimate of drug-likeness (QED) is 0.495. The Bertz CT molecular complexity index is 1470. The minimum absolute atomic E-state index is 0.0589. The van der Waals surface area contributed by atoms with Crippen LogP contribution < -0.4 is 5.69 Å². The summed E-state index contributed by atoms with van der Waals surface area (Å²) in [6, 6.07) is 4.23. The van der Waals surface area contributed by atoms with Crippen molar-refractivity contribution in [1.82, 2.24) is 24.1 Å². The van der Waals surface area contributed by atoms with Gasteiger partial charge in [0, 0.05) is 40.3 Å². The lowest BCUT2D eigenvalue weighted by Crippen LogP contribution is -2.36. The summed E-state index contributed by atoms with van der Waals surface area (Å²) in [5.41, 5.74) is 7.38. The third-order valence-electron chi connectivity index (χ3n) is 6.97. The first-order chi connectivity index (χ1) is 16.6. The molecule has 1 aliphatic heterocycles. The number of ether oxygens (including phenoxy) is 2. The van der Waals surface area contributed by atoms with Crippen molar-refractivity contribution in [2.24, 2.45) is 0 Å². The number of aromatic nitrogens is 5. The molecule has 0 radical (unpaired) electrons. The largest absolute Gasteiger partial charge is 0.376 e. The average Bonchev–Trinajstić information content (AvgIpc) is 3.36. The van der Waals surface area contributed by atoms with Crippen molar-refractivity contribution in [3.8, 4) is 11.1 Å². The average molecular weight is 460 g/mol. The number of aryl methyl sites for hydroxylation is 2. The van der Waals surface area contributed by atoms with E-state index in [0.29, 0.717) is 32.0 Å². The number of allylic oxidation sites excluding steroid dienone is 2. The van der Waals surface area contributed by atoms with Gasteiger partial charge in [-0.3, -0.25) is 4.57 Å². The highest BCUT2D eigenvalue weighted by Gasteiger charge is 2.24. The summed E-state index contributed by atoms with van der Waals surface area (Å²) in [5, 5.41) is 1.09. The lowest BCUT2D eigenvalue weighted by Gasteiger charge is -2.23. The number of aromatic amines is 1. The van der Waals surface area contributed by atoms with Crippen LogP contribution in [0.3, 0.4) is 0 Å². The van der Waals surface area contributed by atoms with Gasteiger partial charge >= 0.3 is 5.69 Å². The van der Waals surface area contributed by atoms with Crippen LogP contribution in [0.15, 0.2) is 35.4 Å². The molecule has 6 rings (SSSR count). The van der Waals surface area contributed by atoms with Gasteiger partial charge in [-0.1, -0.05) is 6.08 Å². The Labute approximate surface area is 197 Å². The Hall–Kier alpha value is -3.23. The van der Waals surface area contributed by atoms with Gasteiger partial charge in [0.25, 0.3) is 0 Å². The molecule has 4 aromatic heterocycles. The lowest BCUT2D eigenvalue weighted by molar-refractivity contribution is -0.0935. The van der Waals surface area contributed by atoms with E-state index in [1.165, 1.54) is 0 Å². The number of nitrogens with one attached hydrogen (secondary N) is 1. The van der Waals surface area contributed by atoms with Crippen molar-refractivity contribution < 1.29 is 9.47 Å². The third-order valence-corrected chi connectivity index (χ3v) is 6.97. The first kappa shape index (κ1) is 21.3. The fraction of sp³-hybridized carbons (Fsp3) is 0.423. The van der Waals surface area contributed by atoms with Gasteiger partial charge in [-0.2, -0.15) is 0 Å². The number of hydrogen-bond donors (Lipinski definition) is 1. The number of nitrogens with zero attached hydrogens (tertiary/aromatic N) is 4. The number of imidazole rings is 1. The Morgan fingerprint density at radius 2 is 2.12 bits per heavy atom. The van der Waals surface area contributed by atoms with E-state index in [1.54, 1.807) is 0 Å². The molecule has 0 saturated carbocycles. The van der Waals surface area contributed by atoms with E-state index in [9.17, 15) is 4.79 Å². The van der Waals surface area contributed by atoms with E-state index in [2.05, 4.69) is 35.1 Å². The standard InChI is InChI=1S/C26H29N5O3/c1-16-12-27-24-21(16)10-18(13-28-24)22-11-23-25(29-17(22)2)31(19-6-4-3-5-7-19)26(32)30(23)14-20-15-33-8-9-34-20/h6,10-13,20H,3-5,7-9,14-15H2,1-2H3,(H,27,28)/t20-/m0/s1. The van der Waals surface area contributed by atoms with E-state index in [4.69, 9.17) is 14.5 Å². The number of rotatable bonds is 4. The minimum atomic E-state index is -0.156. The van der Waals surface area contributed by atoms with E-state index in [-0.39, 0.29) is 11.8 Å². The van der Waals surface area contributed by atoms with Gasteiger partial charge in [0.15, 0.2) is 5.65 Å². The summed E-state index contributed by atoms with van der Waals surface area (Å²) < 4.78 is 15.1. The van der Waals surface area contributed by atoms with Crippen molar-refractivity contribution in [3.05, 3.63) is 52.3 Å². The minimum Gasteiger partial charge on any atom is -0.376 e. The first-order valence-electron chi connectivity index (χ1n) is 12.1. The molecular weight excluding hydrogens is 430 g/mol. The Morgan fingerprint density at radius 1 is 1.21 bits per heavy atom. The fourth-order valence-corrected chi connectivity index (χ4v) is 5.14. The highest BCUT2D eigenvalue weighted by atomic mass is 16.6. The monoisotopic (exact) mass is 459 g/mol. The first-order valence-corrected chi connectivity index (χ1v) is 12.1. The fourth-order valence-electron chi connectivity index (χ4n) is 5.14. The predicted molar refractivity (Wildman–Crippen MR) is 132 cm³/mol. The molecule has 0 spiro atoms. The molecule has 34 heavy (non-hydrogen) atoms. The maximum absolute atomic E-state index is 13.7. The zero-order valence-electron chi connectivity index (χ0n) is 19.6. The molecule has 0 bridgehead atoms. The molecule has 0 aromatic carbocycles. The Balaban J connectivity index is 1.54. The van der Waals surface area contributed by atoms with Crippen LogP contribution in [0.2, 0.25) is 0 Å². The normalized spacial score (nSPS) is 19.1. The van der Waals surface area contributed by atoms with Gasteiger partial charge in [0.2, 0.25) is 0 Å².